The van der Waals surface area contributed by atoms with Gasteiger partial charge in [0.2, 0.25) is 0 Å². The first-order chi connectivity index (χ1) is 10.3. The lowest BCUT2D eigenvalue weighted by Gasteiger charge is -2.11. The van der Waals surface area contributed by atoms with Crippen LogP contribution in [0.4, 0.5) is 4.39 Å². The lowest BCUT2D eigenvalue weighted by molar-refractivity contribution is 0.192. The highest BCUT2D eigenvalue weighted by atomic mass is 127. The molecular weight excluding hydrogens is 396 g/mol. The molecule has 1 aromatic carbocycles. The number of nitrogens with zero attached hydrogens (tertiary/aromatic N) is 1. The molecule has 0 saturated heterocycles. The van der Waals surface area contributed by atoms with Crippen molar-refractivity contribution in [2.45, 2.75) is 32.7 Å². The molecule has 0 saturated carbocycles. The second-order valence-electron chi connectivity index (χ2n) is 4.77. The summed E-state index contributed by atoms with van der Waals surface area (Å²) in [6, 6.07) is 6.73. The van der Waals surface area contributed by atoms with E-state index in [2.05, 4.69) is 15.6 Å². The largest absolute Gasteiger partial charge is 0.385 e. The van der Waals surface area contributed by atoms with Gasteiger partial charge in [0.15, 0.2) is 5.96 Å². The van der Waals surface area contributed by atoms with Crippen molar-refractivity contribution in [3.8, 4) is 0 Å². The van der Waals surface area contributed by atoms with Crippen LogP contribution in [0, 0.1) is 5.82 Å². The Kier molecular flexibility index (Phi) is 13.2. The highest BCUT2D eigenvalue weighted by Gasteiger charge is 2.01. The number of benzene rings is 1. The second-order valence-corrected chi connectivity index (χ2v) is 4.77. The molecular formula is C16H27FIN3O. The molecule has 0 atom stereocenters. The smallest absolute Gasteiger partial charge is 0.191 e. The fourth-order valence-corrected chi connectivity index (χ4v) is 1.89. The van der Waals surface area contributed by atoms with E-state index in [4.69, 9.17) is 4.74 Å². The summed E-state index contributed by atoms with van der Waals surface area (Å²) in [5.41, 5.74) is 0.606. The van der Waals surface area contributed by atoms with Gasteiger partial charge in [0, 0.05) is 32.4 Å². The van der Waals surface area contributed by atoms with E-state index in [9.17, 15) is 4.39 Å². The fraction of sp³-hybridized carbons (Fsp3) is 0.562. The Labute approximate surface area is 149 Å². The number of guanidine groups is 1. The van der Waals surface area contributed by atoms with Gasteiger partial charge < -0.3 is 15.4 Å². The molecule has 0 spiro atoms. The first-order valence-electron chi connectivity index (χ1n) is 7.52. The summed E-state index contributed by atoms with van der Waals surface area (Å²) >= 11 is 0. The Bertz CT molecular complexity index is 430. The van der Waals surface area contributed by atoms with Crippen LogP contribution in [0.2, 0.25) is 0 Å². The summed E-state index contributed by atoms with van der Waals surface area (Å²) in [6.07, 6.45) is 3.25. The number of halogens is 2. The van der Waals surface area contributed by atoms with Crippen LogP contribution in [0.3, 0.4) is 0 Å². The van der Waals surface area contributed by atoms with E-state index in [1.165, 1.54) is 6.07 Å². The van der Waals surface area contributed by atoms with Crippen LogP contribution in [0.25, 0.3) is 0 Å². The summed E-state index contributed by atoms with van der Waals surface area (Å²) in [7, 11) is 1.72. The maximum absolute atomic E-state index is 13.5. The normalized spacial score (nSPS) is 11.0. The summed E-state index contributed by atoms with van der Waals surface area (Å²) in [5.74, 6) is 0.518. The van der Waals surface area contributed by atoms with Crippen LogP contribution >= 0.6 is 24.0 Å². The number of hydrogen-bond donors (Lipinski definition) is 2. The fourth-order valence-electron chi connectivity index (χ4n) is 1.89. The number of rotatable bonds is 9. The summed E-state index contributed by atoms with van der Waals surface area (Å²) in [4.78, 5) is 4.41. The molecule has 1 rings (SSSR count). The van der Waals surface area contributed by atoms with E-state index < -0.39 is 0 Å². The van der Waals surface area contributed by atoms with Crippen LogP contribution in [-0.4, -0.2) is 32.8 Å². The maximum Gasteiger partial charge on any atom is 0.191 e. The molecule has 0 aromatic heterocycles. The number of ether oxygens (including phenoxy) is 1. The van der Waals surface area contributed by atoms with Crippen molar-refractivity contribution in [2.24, 2.45) is 4.99 Å². The zero-order chi connectivity index (χ0) is 15.3. The molecule has 0 fully saturated rings. The molecule has 4 nitrogen and oxygen atoms in total. The van der Waals surface area contributed by atoms with Crippen LogP contribution in [-0.2, 0) is 11.3 Å². The maximum atomic E-state index is 13.5. The van der Waals surface area contributed by atoms with E-state index in [0.717, 1.165) is 44.9 Å². The van der Waals surface area contributed by atoms with Crippen molar-refractivity contribution >= 4 is 29.9 Å². The van der Waals surface area contributed by atoms with Gasteiger partial charge in [-0.2, -0.15) is 0 Å². The Morgan fingerprint density at radius 2 is 1.95 bits per heavy atom. The predicted molar refractivity (Wildman–Crippen MR) is 100 cm³/mol. The summed E-state index contributed by atoms with van der Waals surface area (Å²) in [6.45, 7) is 4.80. The quantitative estimate of drug-likeness (QED) is 0.277. The third-order valence-corrected chi connectivity index (χ3v) is 3.03. The van der Waals surface area contributed by atoms with Crippen LogP contribution < -0.4 is 10.6 Å². The highest BCUT2D eigenvalue weighted by molar-refractivity contribution is 14.0. The average Bonchev–Trinajstić information content (AvgIpc) is 2.49. The Balaban J connectivity index is 0.00000441. The van der Waals surface area contributed by atoms with Gasteiger partial charge in [0.1, 0.15) is 5.82 Å². The molecule has 0 amide bonds. The molecule has 22 heavy (non-hydrogen) atoms. The summed E-state index contributed by atoms with van der Waals surface area (Å²) in [5, 5.41) is 6.43. The monoisotopic (exact) mass is 423 g/mol. The van der Waals surface area contributed by atoms with E-state index in [0.29, 0.717) is 12.1 Å². The van der Waals surface area contributed by atoms with Gasteiger partial charge in [-0.15, -0.1) is 24.0 Å². The third kappa shape index (κ3) is 9.19. The molecule has 0 unspecified atom stereocenters. The van der Waals surface area contributed by atoms with Gasteiger partial charge in [0.05, 0.1) is 6.54 Å². The SMILES string of the molecule is CCNC(=NCc1ccccc1F)NCCCCCOC.I. The lowest BCUT2D eigenvalue weighted by atomic mass is 10.2. The predicted octanol–water partition coefficient (Wildman–Crippen LogP) is 3.32. The summed E-state index contributed by atoms with van der Waals surface area (Å²) < 4.78 is 18.5. The van der Waals surface area contributed by atoms with Crippen molar-refractivity contribution < 1.29 is 9.13 Å². The molecule has 0 bridgehead atoms. The number of methoxy groups -OCH3 is 1. The van der Waals surface area contributed by atoms with Gasteiger partial charge >= 0.3 is 0 Å². The molecule has 0 radical (unpaired) electrons. The Morgan fingerprint density at radius 1 is 1.18 bits per heavy atom. The van der Waals surface area contributed by atoms with Gasteiger partial charge in [-0.3, -0.25) is 0 Å². The zero-order valence-electron chi connectivity index (χ0n) is 13.4. The third-order valence-electron chi connectivity index (χ3n) is 3.03. The second kappa shape index (κ2) is 13.8. The van der Waals surface area contributed by atoms with Crippen molar-refractivity contribution in [3.05, 3.63) is 35.6 Å². The number of hydrogen-bond acceptors (Lipinski definition) is 2. The van der Waals surface area contributed by atoms with Crippen molar-refractivity contribution in [1.82, 2.24) is 10.6 Å². The van der Waals surface area contributed by atoms with Gasteiger partial charge in [0.25, 0.3) is 0 Å². The lowest BCUT2D eigenvalue weighted by Crippen LogP contribution is -2.37. The molecule has 0 aliphatic carbocycles. The molecule has 0 aliphatic rings. The Morgan fingerprint density at radius 3 is 2.64 bits per heavy atom. The number of unbranched alkanes of at least 4 members (excludes halogenated alkanes) is 2. The minimum Gasteiger partial charge on any atom is -0.385 e. The van der Waals surface area contributed by atoms with E-state index >= 15 is 0 Å². The minimum atomic E-state index is -0.211. The molecule has 0 heterocycles. The first-order valence-corrected chi connectivity index (χ1v) is 7.52. The molecule has 126 valence electrons. The first kappa shape index (κ1) is 21.1. The van der Waals surface area contributed by atoms with Gasteiger partial charge in [-0.25, -0.2) is 9.38 Å². The van der Waals surface area contributed by atoms with E-state index in [1.54, 1.807) is 19.2 Å². The Hall–Kier alpha value is -0.890. The van der Waals surface area contributed by atoms with Crippen LogP contribution in [0.15, 0.2) is 29.3 Å². The number of aliphatic imine (C=N–C) groups is 1. The molecule has 2 N–H and O–H groups in total. The standard InChI is InChI=1S/C16H26FN3O.HI/c1-3-18-16(19-11-7-4-8-12-21-2)20-13-14-9-5-6-10-15(14)17;/h5-6,9-10H,3-4,7-8,11-13H2,1-2H3,(H2,18,19,20);1H. The van der Waals surface area contributed by atoms with Crippen molar-refractivity contribution in [1.29, 1.82) is 0 Å². The van der Waals surface area contributed by atoms with Crippen molar-refractivity contribution in [3.63, 3.8) is 0 Å². The molecule has 0 aliphatic heterocycles. The van der Waals surface area contributed by atoms with Crippen LogP contribution in [0.1, 0.15) is 31.7 Å². The number of nitrogens with one attached hydrogen (secondary N) is 2. The van der Waals surface area contributed by atoms with Gasteiger partial charge in [-0.1, -0.05) is 18.2 Å². The molecule has 6 heteroatoms. The molecule has 1 aromatic rings. The highest BCUT2D eigenvalue weighted by Crippen LogP contribution is 2.07. The topological polar surface area (TPSA) is 45.7 Å². The van der Waals surface area contributed by atoms with Crippen molar-refractivity contribution in [2.75, 3.05) is 26.8 Å². The zero-order valence-corrected chi connectivity index (χ0v) is 15.7. The van der Waals surface area contributed by atoms with E-state index in [1.807, 2.05) is 13.0 Å². The van der Waals surface area contributed by atoms with E-state index in [-0.39, 0.29) is 29.8 Å². The van der Waals surface area contributed by atoms with Crippen LogP contribution in [0.5, 0.6) is 0 Å². The minimum absolute atomic E-state index is 0. The van der Waals surface area contributed by atoms with Gasteiger partial charge in [-0.05, 0) is 32.3 Å². The average molecular weight is 423 g/mol.